The summed E-state index contributed by atoms with van der Waals surface area (Å²) in [6, 6.07) is 0. The van der Waals surface area contributed by atoms with Gasteiger partial charge in [-0.3, -0.25) is 0 Å². The van der Waals surface area contributed by atoms with Crippen LogP contribution in [0.25, 0.3) is 0 Å². The minimum absolute atomic E-state index is 0. The molecule has 0 amide bonds. The first-order valence-electron chi connectivity index (χ1n) is 7.29. The molecule has 0 unspecified atom stereocenters. The summed E-state index contributed by atoms with van der Waals surface area (Å²) in [5.41, 5.74) is 0. The van der Waals surface area contributed by atoms with Crippen LogP contribution in [0.4, 0.5) is 0 Å². The van der Waals surface area contributed by atoms with Crippen molar-refractivity contribution in [1.29, 1.82) is 0 Å². The molecule has 0 aliphatic carbocycles. The van der Waals surface area contributed by atoms with Gasteiger partial charge in [0.1, 0.15) is 13.1 Å². The minimum atomic E-state index is 0. The van der Waals surface area contributed by atoms with Gasteiger partial charge in [-0.05, 0) is 38.5 Å². The second-order valence-electron chi connectivity index (χ2n) is 6.70. The molecule has 0 aromatic rings. The van der Waals surface area contributed by atoms with Crippen LogP contribution in [0.1, 0.15) is 38.5 Å². The molecule has 2 saturated heterocycles. The molecule has 2 aliphatic heterocycles. The second-order valence-corrected chi connectivity index (χ2v) is 6.70. The first kappa shape index (κ1) is 18.9. The Hall–Kier alpha value is 0.880. The molecule has 0 bridgehead atoms. The van der Waals surface area contributed by atoms with Gasteiger partial charge in [-0.2, -0.15) is 0 Å². The lowest BCUT2D eigenvalue weighted by molar-refractivity contribution is -0.967. The zero-order chi connectivity index (χ0) is 11.5. The third-order valence-electron chi connectivity index (χ3n) is 4.97. The number of likely N-dealkylation sites (N-methyl/N-ethyl adjacent to an activating group) is 2. The van der Waals surface area contributed by atoms with Crippen LogP contribution in [0.15, 0.2) is 0 Å². The monoisotopic (exact) mass is 384 g/mol. The minimum Gasteiger partial charge on any atom is -1.00 e. The molecule has 0 aromatic carbocycles. The van der Waals surface area contributed by atoms with E-state index in [-0.39, 0.29) is 34.0 Å². The van der Waals surface area contributed by atoms with E-state index in [4.69, 9.17) is 0 Å². The lowest BCUT2D eigenvalue weighted by Crippen LogP contribution is -3.00. The van der Waals surface area contributed by atoms with Gasteiger partial charge in [0.15, 0.2) is 0 Å². The number of hydrogen-bond donors (Lipinski definition) is 0. The fourth-order valence-corrected chi connectivity index (χ4v) is 3.48. The van der Waals surface area contributed by atoms with Crippen LogP contribution in [0, 0.1) is 0 Å². The van der Waals surface area contributed by atoms with Crippen LogP contribution in [0.5, 0.6) is 0 Å². The summed E-state index contributed by atoms with van der Waals surface area (Å²) in [6.07, 6.45) is 8.78. The van der Waals surface area contributed by atoms with Crippen molar-refractivity contribution >= 4 is 0 Å². The van der Waals surface area contributed by atoms with Gasteiger partial charge in [0.25, 0.3) is 0 Å². The number of rotatable bonds is 3. The number of halogens is 2. The molecule has 2 rings (SSSR count). The fourth-order valence-electron chi connectivity index (χ4n) is 3.48. The molecule has 0 saturated carbocycles. The van der Waals surface area contributed by atoms with Crippen molar-refractivity contribution in [1.82, 2.24) is 0 Å². The molecular weight excluding hydrogens is 356 g/mol. The van der Waals surface area contributed by atoms with E-state index >= 15 is 0 Å². The Bertz CT molecular complexity index is 198. The van der Waals surface area contributed by atoms with E-state index in [0.717, 1.165) is 0 Å². The molecule has 2 nitrogen and oxygen atoms in total. The smallest absolute Gasteiger partial charge is 0.128 e. The highest BCUT2D eigenvalue weighted by atomic mass is 79.9. The van der Waals surface area contributed by atoms with E-state index in [1.54, 1.807) is 0 Å². The topological polar surface area (TPSA) is 0 Å². The Balaban J connectivity index is 0.00000144. The molecule has 4 heteroatoms. The van der Waals surface area contributed by atoms with Gasteiger partial charge in [-0.15, -0.1) is 0 Å². The van der Waals surface area contributed by atoms with Crippen molar-refractivity contribution in [2.24, 2.45) is 0 Å². The lowest BCUT2D eigenvalue weighted by atomic mass is 10.1. The summed E-state index contributed by atoms with van der Waals surface area (Å²) in [6.45, 7) is 8.55. The van der Waals surface area contributed by atoms with Gasteiger partial charge in [0.2, 0.25) is 0 Å². The van der Waals surface area contributed by atoms with Crippen molar-refractivity contribution in [3.63, 3.8) is 0 Å². The Labute approximate surface area is 134 Å². The lowest BCUT2D eigenvalue weighted by Gasteiger charge is -2.43. The summed E-state index contributed by atoms with van der Waals surface area (Å²) in [5.74, 6) is 0. The van der Waals surface area contributed by atoms with Crippen LogP contribution in [-0.4, -0.2) is 62.3 Å². The predicted molar refractivity (Wildman–Crippen MR) is 69.3 cm³/mol. The predicted octanol–water partition coefficient (Wildman–Crippen LogP) is -3.74. The molecule has 2 fully saturated rings. The summed E-state index contributed by atoms with van der Waals surface area (Å²) in [5, 5.41) is 0. The van der Waals surface area contributed by atoms with Crippen LogP contribution in [0.2, 0.25) is 0 Å². The zero-order valence-corrected chi connectivity index (χ0v) is 15.3. The summed E-state index contributed by atoms with van der Waals surface area (Å²) in [7, 11) is 4.96. The molecule has 2 aliphatic rings. The Morgan fingerprint density at radius 3 is 1.11 bits per heavy atom. The first-order valence-corrected chi connectivity index (χ1v) is 7.29. The average molecular weight is 386 g/mol. The second kappa shape index (κ2) is 8.23. The molecule has 0 atom stereocenters. The molecule has 0 radical (unpaired) electrons. The maximum Gasteiger partial charge on any atom is 0.128 e. The van der Waals surface area contributed by atoms with Crippen molar-refractivity contribution in [2.45, 2.75) is 38.5 Å². The molecule has 110 valence electrons. The van der Waals surface area contributed by atoms with Crippen molar-refractivity contribution in [2.75, 3.05) is 53.4 Å². The SMILES string of the molecule is C[N+]1(CC[N+]2(C)CCCCC2)CCCCC1.[Br-].[Br-]. The molecule has 2 heterocycles. The Morgan fingerprint density at radius 2 is 0.833 bits per heavy atom. The Kier molecular flexibility index (Phi) is 8.63. The van der Waals surface area contributed by atoms with Crippen molar-refractivity contribution < 1.29 is 42.9 Å². The fraction of sp³-hybridized carbons (Fsp3) is 1.00. The number of piperidine rings is 2. The van der Waals surface area contributed by atoms with Crippen molar-refractivity contribution in [3.8, 4) is 0 Å². The van der Waals surface area contributed by atoms with Crippen LogP contribution in [0.3, 0.4) is 0 Å². The number of likely N-dealkylation sites (tertiary alicyclic amines) is 2. The van der Waals surface area contributed by atoms with E-state index in [1.807, 2.05) is 0 Å². The molecule has 18 heavy (non-hydrogen) atoms. The van der Waals surface area contributed by atoms with Crippen LogP contribution < -0.4 is 34.0 Å². The first-order chi connectivity index (χ1) is 7.62. The van der Waals surface area contributed by atoms with Crippen LogP contribution >= 0.6 is 0 Å². The molecule has 0 spiro atoms. The van der Waals surface area contributed by atoms with Crippen molar-refractivity contribution in [3.05, 3.63) is 0 Å². The highest BCUT2D eigenvalue weighted by molar-refractivity contribution is 4.55. The number of quaternary nitrogens is 2. The van der Waals surface area contributed by atoms with E-state index in [0.29, 0.717) is 0 Å². The van der Waals surface area contributed by atoms with Gasteiger partial charge in [-0.25, -0.2) is 0 Å². The third-order valence-corrected chi connectivity index (χ3v) is 4.97. The maximum absolute atomic E-state index is 2.48. The highest BCUT2D eigenvalue weighted by Crippen LogP contribution is 2.20. The van der Waals surface area contributed by atoms with Gasteiger partial charge >= 0.3 is 0 Å². The average Bonchev–Trinajstić information content (AvgIpc) is 2.29. The van der Waals surface area contributed by atoms with E-state index in [9.17, 15) is 0 Å². The van der Waals surface area contributed by atoms with Gasteiger partial charge in [0, 0.05) is 0 Å². The van der Waals surface area contributed by atoms with E-state index in [2.05, 4.69) is 14.1 Å². The van der Waals surface area contributed by atoms with Gasteiger partial charge in [0.05, 0.1) is 40.3 Å². The summed E-state index contributed by atoms with van der Waals surface area (Å²) in [4.78, 5) is 0. The van der Waals surface area contributed by atoms with Crippen LogP contribution in [-0.2, 0) is 0 Å². The number of hydrogen-bond acceptors (Lipinski definition) is 0. The molecule has 0 N–H and O–H groups in total. The molecular formula is C14H30Br2N2. The maximum atomic E-state index is 2.48. The summed E-state index contributed by atoms with van der Waals surface area (Å²) < 4.78 is 2.71. The molecule has 0 aromatic heterocycles. The van der Waals surface area contributed by atoms with E-state index in [1.165, 1.54) is 86.8 Å². The zero-order valence-electron chi connectivity index (χ0n) is 12.1. The normalized spacial score (nSPS) is 25.7. The van der Waals surface area contributed by atoms with E-state index < -0.39 is 0 Å². The van der Waals surface area contributed by atoms with Gasteiger partial charge in [-0.1, -0.05) is 0 Å². The standard InChI is InChI=1S/C14H30N2.2BrH/c1-15(9-5-3-6-10-15)13-14-16(2)11-7-4-8-12-16;;/h3-14H2,1-2H3;2*1H/q+2;;/p-2. The largest absolute Gasteiger partial charge is 1.00 e. The highest BCUT2D eigenvalue weighted by Gasteiger charge is 2.31. The number of nitrogens with zero attached hydrogens (tertiary/aromatic N) is 2. The Morgan fingerprint density at radius 1 is 0.556 bits per heavy atom. The van der Waals surface area contributed by atoms with Gasteiger partial charge < -0.3 is 42.9 Å². The quantitative estimate of drug-likeness (QED) is 0.438. The third kappa shape index (κ3) is 5.48. The summed E-state index contributed by atoms with van der Waals surface area (Å²) >= 11 is 0.